The number of carboxylic acids is 1. The molecule has 7 atom stereocenters. The zero-order valence-corrected chi connectivity index (χ0v) is 34.9. The molecule has 2 aromatic rings. The van der Waals surface area contributed by atoms with Crippen molar-refractivity contribution < 1.29 is 95.2 Å². The third kappa shape index (κ3) is 16.4. The Labute approximate surface area is 343 Å². The van der Waals surface area contributed by atoms with E-state index in [0.717, 1.165) is 42.8 Å². The first-order chi connectivity index (χ1) is 27.8. The van der Waals surface area contributed by atoms with Crippen LogP contribution in [0.4, 0.5) is 5.82 Å². The van der Waals surface area contributed by atoms with Gasteiger partial charge in [-0.2, -0.15) is 0 Å². The number of thioether (sulfide) groups is 1. The average molecular weight is 931 g/mol. The van der Waals surface area contributed by atoms with Crippen LogP contribution in [0.1, 0.15) is 45.8 Å². The van der Waals surface area contributed by atoms with Gasteiger partial charge < -0.3 is 78.9 Å². The molecule has 3 rings (SSSR count). The number of nitrogens with two attached hydrogens (primary N) is 1. The highest BCUT2D eigenvalue weighted by atomic mass is 32.2. The van der Waals surface area contributed by atoms with Gasteiger partial charge in [-0.25, -0.2) is 19.3 Å². The molecule has 0 aliphatic carbocycles. The number of amides is 2. The van der Waals surface area contributed by atoms with Gasteiger partial charge in [-0.3, -0.25) is 32.9 Å². The van der Waals surface area contributed by atoms with Crippen LogP contribution >= 0.6 is 35.2 Å². The molecule has 336 valence electrons. The van der Waals surface area contributed by atoms with Crippen LogP contribution in [0.15, 0.2) is 24.8 Å². The summed E-state index contributed by atoms with van der Waals surface area (Å²) in [6.07, 6.45) is -6.22. The third-order valence-electron chi connectivity index (χ3n) is 7.88. The minimum absolute atomic E-state index is 0.0177. The number of fused-ring (bicyclic) bond motifs is 1. The molecule has 1 saturated heterocycles. The Kier molecular flexibility index (Phi) is 18.6. The molecule has 6 N–H and O–H groups in total. The van der Waals surface area contributed by atoms with Gasteiger partial charge in [-0.15, -0.1) is 0 Å². The van der Waals surface area contributed by atoms with E-state index in [4.69, 9.17) is 10.5 Å². The molecule has 2 aromatic heterocycles. The van der Waals surface area contributed by atoms with Crippen LogP contribution in [-0.4, -0.2) is 115 Å². The normalized spacial score (nSPS) is 21.0. The van der Waals surface area contributed by atoms with Crippen LogP contribution < -0.4 is 41.0 Å². The lowest BCUT2D eigenvalue weighted by Crippen LogP contribution is -2.46. The number of hydrogen-bond acceptors (Lipinski definition) is 25. The summed E-state index contributed by atoms with van der Waals surface area (Å²) in [6, 6.07) is 0. The maximum absolute atomic E-state index is 12.5. The van der Waals surface area contributed by atoms with Gasteiger partial charge in [0.05, 0.1) is 33.8 Å². The Morgan fingerprint density at radius 2 is 1.70 bits per heavy atom. The van der Waals surface area contributed by atoms with Gasteiger partial charge in [0.25, 0.3) is 15.6 Å². The molecular weight excluding hydrogens is 891 g/mol. The summed E-state index contributed by atoms with van der Waals surface area (Å²) < 4.78 is 60.4. The zero-order valence-electron chi connectivity index (χ0n) is 31.4. The quantitative estimate of drug-likeness (QED) is 0.0270. The van der Waals surface area contributed by atoms with Crippen molar-refractivity contribution in [2.24, 2.45) is 5.41 Å². The van der Waals surface area contributed by atoms with Gasteiger partial charge in [0.15, 0.2) is 22.8 Å². The number of nitrogen functional groups attached to an aromatic ring is 1. The molecule has 60 heavy (non-hydrogen) atoms. The first-order valence-electron chi connectivity index (χ1n) is 17.1. The number of phosphoric ester groups is 3. The summed E-state index contributed by atoms with van der Waals surface area (Å²) in [5.41, 5.74) is 3.98. The number of hydrogen-bond donors (Lipinski definition) is 5. The molecule has 3 heterocycles. The molecule has 27 nitrogen and oxygen atoms in total. The van der Waals surface area contributed by atoms with Crippen LogP contribution in [0.5, 0.6) is 0 Å². The first-order valence-corrected chi connectivity index (χ1v) is 22.5. The number of aliphatic hydroxyl groups excluding tert-OH is 2. The average Bonchev–Trinajstić information content (AvgIpc) is 3.69. The highest BCUT2D eigenvalue weighted by molar-refractivity contribution is 8.13. The molecule has 1 aliphatic heterocycles. The van der Waals surface area contributed by atoms with E-state index in [9.17, 15) is 72.6 Å². The lowest BCUT2D eigenvalue weighted by Gasteiger charge is -2.36. The number of ether oxygens (including phenoxy) is 1. The number of rotatable bonds is 25. The Morgan fingerprint density at radius 3 is 2.37 bits per heavy atom. The van der Waals surface area contributed by atoms with Crippen molar-refractivity contribution in [2.45, 2.75) is 70.2 Å². The van der Waals surface area contributed by atoms with Crippen LogP contribution in [0.3, 0.4) is 0 Å². The van der Waals surface area contributed by atoms with Crippen LogP contribution in [0.2, 0.25) is 0 Å². The van der Waals surface area contributed by atoms with Crippen molar-refractivity contribution >= 4 is 80.9 Å². The van der Waals surface area contributed by atoms with Crippen molar-refractivity contribution in [3.05, 3.63) is 24.8 Å². The number of allylic oxidation sites excluding steroid dienone is 1. The molecule has 0 radical (unpaired) electrons. The molecule has 0 bridgehead atoms. The smallest absolute Gasteiger partial charge is 0.274 e. The fraction of sp³-hybridized carbons (Fsp3) is 0.586. The van der Waals surface area contributed by atoms with E-state index in [2.05, 4.69) is 43.5 Å². The number of aliphatic carboxylic acids is 1. The summed E-state index contributed by atoms with van der Waals surface area (Å²) in [5.74, 6) is -3.38. The second-order valence-corrected chi connectivity index (χ2v) is 18.4. The van der Waals surface area contributed by atoms with Gasteiger partial charge >= 0.3 is 0 Å². The summed E-state index contributed by atoms with van der Waals surface area (Å²) in [6.45, 7) is -0.305. The van der Waals surface area contributed by atoms with Gasteiger partial charge in [-0.1, -0.05) is 37.8 Å². The van der Waals surface area contributed by atoms with E-state index < -0.39 is 108 Å². The Bertz CT molecular complexity index is 2050. The maximum atomic E-state index is 12.5. The molecule has 0 saturated carbocycles. The molecular formula is C29H39N7O20P3S-5. The van der Waals surface area contributed by atoms with E-state index in [0.29, 0.717) is 0 Å². The van der Waals surface area contributed by atoms with Crippen molar-refractivity contribution in [1.82, 2.24) is 30.2 Å². The Morgan fingerprint density at radius 1 is 1.03 bits per heavy atom. The Hall–Kier alpha value is -3.56. The SMILES string of the molecule is CC(C)(COP(=O)([O-])OP(=O)([O-])OCC1OC(n2cnc3c(N)ncnc32)C(O)C1OP(=O)([O-])[O-])C(O)C(=O)NCCC(=O)NCCSC(=O)CC(=O)CC=CCC(=O)[O-]. The second-order valence-electron chi connectivity index (χ2n) is 13.2. The lowest BCUT2D eigenvalue weighted by atomic mass is 9.87. The van der Waals surface area contributed by atoms with E-state index in [1.54, 1.807) is 0 Å². The first kappa shape index (κ1) is 50.8. The van der Waals surface area contributed by atoms with Crippen LogP contribution in [-0.2, 0) is 60.3 Å². The van der Waals surface area contributed by atoms with Gasteiger partial charge in [0.1, 0.15) is 42.0 Å². The Balaban J connectivity index is 1.43. The number of carbonyl (C=O) groups excluding carboxylic acids is 5. The van der Waals surface area contributed by atoms with Crippen molar-refractivity contribution in [3.8, 4) is 0 Å². The standard InChI is InChI=1S/C29H44N7O20P3S/c1-29(2,24(43)27(44)32-8-7-18(38)31-9-10-60-20(41)11-16(37)5-3-4-6-19(39)40)13-53-59(50,51)56-58(48,49)52-12-17-23(55-57(45,46)47)22(42)28(54-17)36-15-35-21-25(30)33-14-34-26(21)36/h3-4,14-15,17,22-24,28,42-43H,5-13H2,1-2H3,(H,31,38)(H,32,44)(H,39,40)(H,48,49)(H,50,51)(H2,30,33,34)(H2,45,46,47)/p-5. The number of phosphoric acid groups is 3. The minimum Gasteiger partial charge on any atom is -0.790 e. The van der Waals surface area contributed by atoms with Crippen LogP contribution in [0.25, 0.3) is 11.2 Å². The minimum atomic E-state index is -5.95. The highest BCUT2D eigenvalue weighted by Crippen LogP contribution is 2.56. The van der Waals surface area contributed by atoms with E-state index >= 15 is 0 Å². The van der Waals surface area contributed by atoms with Crippen LogP contribution in [0, 0.1) is 5.41 Å². The number of Topliss-reactive ketones (excluding diaryl/α,β-unsaturated/α-hetero) is 1. The predicted molar refractivity (Wildman–Crippen MR) is 191 cm³/mol. The van der Waals surface area contributed by atoms with E-state index in [1.165, 1.54) is 12.2 Å². The van der Waals surface area contributed by atoms with E-state index in [-0.39, 0.29) is 55.1 Å². The molecule has 0 aromatic carbocycles. The van der Waals surface area contributed by atoms with Crippen molar-refractivity contribution in [3.63, 3.8) is 0 Å². The largest absolute Gasteiger partial charge is 0.790 e. The monoisotopic (exact) mass is 930 g/mol. The van der Waals surface area contributed by atoms with Crippen molar-refractivity contribution in [2.75, 3.05) is 37.8 Å². The third-order valence-corrected chi connectivity index (χ3v) is 11.8. The summed E-state index contributed by atoms with van der Waals surface area (Å²) in [7, 11) is -17.7. The summed E-state index contributed by atoms with van der Waals surface area (Å²) >= 11 is 0.782. The highest BCUT2D eigenvalue weighted by Gasteiger charge is 2.47. The summed E-state index contributed by atoms with van der Waals surface area (Å²) in [5, 5.41) is 35.9. The lowest BCUT2D eigenvalue weighted by molar-refractivity contribution is -0.347. The van der Waals surface area contributed by atoms with Gasteiger partial charge in [-0.05, 0) is 0 Å². The molecule has 7 unspecified atom stereocenters. The zero-order chi connectivity index (χ0) is 45.1. The number of carbonyl (C=O) groups is 5. The number of anilines is 1. The van der Waals surface area contributed by atoms with Gasteiger partial charge in [0, 0.05) is 49.5 Å². The molecule has 1 aliphatic rings. The van der Waals surface area contributed by atoms with E-state index in [1.807, 2.05) is 0 Å². The fourth-order valence-corrected chi connectivity index (χ4v) is 8.38. The summed E-state index contributed by atoms with van der Waals surface area (Å²) in [4.78, 5) is 118. The number of nitrogens with zero attached hydrogens (tertiary/aromatic N) is 4. The number of ketones is 1. The number of nitrogens with one attached hydrogen (secondary N) is 2. The molecule has 1 fully saturated rings. The number of carboxylic acid groups (broad SMARTS) is 1. The van der Waals surface area contributed by atoms with Gasteiger partial charge in [0.2, 0.25) is 11.8 Å². The van der Waals surface area contributed by atoms with Crippen molar-refractivity contribution in [1.29, 1.82) is 0 Å². The molecule has 31 heteroatoms. The molecule has 0 spiro atoms. The second kappa shape index (κ2) is 22.0. The fourth-order valence-electron chi connectivity index (χ4n) is 4.95. The molecule has 2 amide bonds. The number of aromatic nitrogens is 4. The number of aliphatic hydroxyl groups is 2. The number of imidazole rings is 1. The topological polar surface area (TPSA) is 432 Å². The maximum Gasteiger partial charge on any atom is 0.274 e. The predicted octanol–water partition coefficient (Wildman–Crippen LogP) is -4.82.